The second-order valence-corrected chi connectivity index (χ2v) is 3.67. The molecule has 4 heteroatoms. The Hall–Kier alpha value is -1.32. The first-order chi connectivity index (χ1) is 6.50. The van der Waals surface area contributed by atoms with E-state index in [2.05, 4.69) is 0 Å². The van der Waals surface area contributed by atoms with E-state index in [0.717, 1.165) is 0 Å². The Balaban J connectivity index is 2.64. The van der Waals surface area contributed by atoms with Crippen LogP contribution in [-0.2, 0) is 9.53 Å². The second-order valence-electron chi connectivity index (χ2n) is 3.67. The van der Waals surface area contributed by atoms with Crippen molar-refractivity contribution in [3.8, 4) is 0 Å². The zero-order valence-electron chi connectivity index (χ0n) is 8.69. The fourth-order valence-corrected chi connectivity index (χ4v) is 1.27. The second kappa shape index (κ2) is 4.26. The summed E-state index contributed by atoms with van der Waals surface area (Å²) in [7, 11) is 0. The minimum atomic E-state index is -0.392. The summed E-state index contributed by atoms with van der Waals surface area (Å²) in [6, 6.07) is -0.112. The van der Waals surface area contributed by atoms with Crippen LogP contribution in [0.3, 0.4) is 0 Å². The van der Waals surface area contributed by atoms with Crippen molar-refractivity contribution < 1.29 is 14.3 Å². The lowest BCUT2D eigenvalue weighted by atomic mass is 10.1. The molecule has 0 spiro atoms. The number of amides is 1. The maximum Gasteiger partial charge on any atom is 0.414 e. The highest BCUT2D eigenvalue weighted by Gasteiger charge is 2.24. The van der Waals surface area contributed by atoms with Crippen molar-refractivity contribution in [1.29, 1.82) is 0 Å². The smallest absolute Gasteiger partial charge is 0.414 e. The van der Waals surface area contributed by atoms with E-state index >= 15 is 0 Å². The molecular weight excluding hydrogens is 182 g/mol. The lowest BCUT2D eigenvalue weighted by Gasteiger charge is -2.27. The van der Waals surface area contributed by atoms with Crippen LogP contribution in [0.5, 0.6) is 0 Å². The van der Waals surface area contributed by atoms with Gasteiger partial charge in [-0.05, 0) is 26.8 Å². The number of hydrogen-bond acceptors (Lipinski definition) is 3. The van der Waals surface area contributed by atoms with E-state index in [-0.39, 0.29) is 17.9 Å². The molecule has 0 N–H and O–H groups in total. The van der Waals surface area contributed by atoms with Crippen LogP contribution in [0, 0.1) is 0 Å². The molecule has 0 bridgehead atoms. The first-order valence-electron chi connectivity index (χ1n) is 4.70. The fraction of sp³-hybridized carbons (Fsp3) is 0.600. The molecular formula is C10H15NO3. The van der Waals surface area contributed by atoms with Gasteiger partial charge in [0.05, 0.1) is 6.10 Å². The predicted molar refractivity (Wildman–Crippen MR) is 51.7 cm³/mol. The van der Waals surface area contributed by atoms with Gasteiger partial charge in [-0.3, -0.25) is 9.69 Å². The van der Waals surface area contributed by atoms with Crippen LogP contribution < -0.4 is 0 Å². The Bertz CT molecular complexity index is 271. The molecule has 1 aliphatic rings. The quantitative estimate of drug-likeness (QED) is 0.642. The summed E-state index contributed by atoms with van der Waals surface area (Å²) in [5, 5.41) is 0. The van der Waals surface area contributed by atoms with Gasteiger partial charge >= 0.3 is 6.09 Å². The van der Waals surface area contributed by atoms with E-state index in [1.807, 2.05) is 6.92 Å². The van der Waals surface area contributed by atoms with Crippen molar-refractivity contribution in [2.24, 2.45) is 0 Å². The topological polar surface area (TPSA) is 46.6 Å². The first-order valence-corrected chi connectivity index (χ1v) is 4.70. The molecule has 0 fully saturated rings. The van der Waals surface area contributed by atoms with Crippen molar-refractivity contribution in [2.75, 3.05) is 0 Å². The Kier molecular flexibility index (Phi) is 3.28. The van der Waals surface area contributed by atoms with Crippen molar-refractivity contribution in [3.05, 3.63) is 12.3 Å². The van der Waals surface area contributed by atoms with Crippen LogP contribution in [0.2, 0.25) is 0 Å². The maximum absolute atomic E-state index is 11.5. The molecule has 1 aliphatic heterocycles. The van der Waals surface area contributed by atoms with Gasteiger partial charge in [-0.1, -0.05) is 0 Å². The Morgan fingerprint density at radius 3 is 2.79 bits per heavy atom. The van der Waals surface area contributed by atoms with Crippen LogP contribution >= 0.6 is 0 Å². The summed E-state index contributed by atoms with van der Waals surface area (Å²) >= 11 is 0. The SMILES string of the molecule is CC(C)OC(=O)N1C=CC(=O)CC1C. The molecule has 1 amide bonds. The van der Waals surface area contributed by atoms with E-state index < -0.39 is 6.09 Å². The zero-order chi connectivity index (χ0) is 10.7. The lowest BCUT2D eigenvalue weighted by molar-refractivity contribution is -0.116. The monoisotopic (exact) mass is 197 g/mol. The van der Waals surface area contributed by atoms with Gasteiger partial charge in [0.2, 0.25) is 0 Å². The molecule has 1 unspecified atom stereocenters. The predicted octanol–water partition coefficient (Wildman–Crippen LogP) is 1.71. The normalized spacial score (nSPS) is 21.6. The van der Waals surface area contributed by atoms with Gasteiger partial charge in [0.25, 0.3) is 0 Å². The van der Waals surface area contributed by atoms with Gasteiger partial charge in [0.1, 0.15) is 0 Å². The van der Waals surface area contributed by atoms with Crippen LogP contribution in [0.4, 0.5) is 4.79 Å². The van der Waals surface area contributed by atoms with E-state index in [0.29, 0.717) is 6.42 Å². The number of nitrogens with zero attached hydrogens (tertiary/aromatic N) is 1. The third-order valence-corrected chi connectivity index (χ3v) is 1.94. The number of hydrogen-bond donors (Lipinski definition) is 0. The number of carbonyl (C=O) groups is 2. The van der Waals surface area contributed by atoms with Crippen molar-refractivity contribution in [1.82, 2.24) is 4.90 Å². The number of rotatable bonds is 1. The highest BCUT2D eigenvalue weighted by molar-refractivity contribution is 5.92. The molecule has 0 saturated heterocycles. The number of allylic oxidation sites excluding steroid dienone is 1. The van der Waals surface area contributed by atoms with Gasteiger partial charge in [0.15, 0.2) is 5.78 Å². The van der Waals surface area contributed by atoms with Crippen molar-refractivity contribution in [3.63, 3.8) is 0 Å². The number of carbonyl (C=O) groups excluding carboxylic acids is 2. The molecule has 1 atom stereocenters. The summed E-state index contributed by atoms with van der Waals surface area (Å²) < 4.78 is 5.02. The summed E-state index contributed by atoms with van der Waals surface area (Å²) in [5.41, 5.74) is 0. The van der Waals surface area contributed by atoms with Crippen LogP contribution in [0.1, 0.15) is 27.2 Å². The Morgan fingerprint density at radius 1 is 1.64 bits per heavy atom. The third-order valence-electron chi connectivity index (χ3n) is 1.94. The average molecular weight is 197 g/mol. The summed E-state index contributed by atoms with van der Waals surface area (Å²) in [6.07, 6.45) is 2.73. The lowest BCUT2D eigenvalue weighted by Crippen LogP contribution is -2.39. The molecule has 1 heterocycles. The molecule has 4 nitrogen and oxygen atoms in total. The molecule has 0 aliphatic carbocycles. The van der Waals surface area contributed by atoms with Crippen LogP contribution in [0.15, 0.2) is 12.3 Å². The number of ether oxygens (including phenoxy) is 1. The minimum Gasteiger partial charge on any atom is -0.446 e. The summed E-state index contributed by atoms with van der Waals surface area (Å²) in [4.78, 5) is 23.9. The van der Waals surface area contributed by atoms with Crippen LogP contribution in [0.25, 0.3) is 0 Å². The Labute approximate surface area is 83.5 Å². The van der Waals surface area contributed by atoms with E-state index in [9.17, 15) is 9.59 Å². The molecule has 0 saturated carbocycles. The van der Waals surface area contributed by atoms with Gasteiger partial charge in [-0.25, -0.2) is 4.79 Å². The van der Waals surface area contributed by atoms with E-state index in [1.54, 1.807) is 13.8 Å². The van der Waals surface area contributed by atoms with Gasteiger partial charge in [-0.15, -0.1) is 0 Å². The molecule has 0 aromatic heterocycles. The van der Waals surface area contributed by atoms with Gasteiger partial charge < -0.3 is 4.74 Å². The molecule has 1 rings (SSSR count). The first kappa shape index (κ1) is 10.8. The molecule has 0 radical (unpaired) electrons. The van der Waals surface area contributed by atoms with Gasteiger partial charge in [0, 0.05) is 18.7 Å². The fourth-order valence-electron chi connectivity index (χ4n) is 1.27. The van der Waals surface area contributed by atoms with Crippen molar-refractivity contribution in [2.45, 2.75) is 39.3 Å². The summed E-state index contributed by atoms with van der Waals surface area (Å²) in [6.45, 7) is 5.41. The minimum absolute atomic E-state index is 0.0473. The summed E-state index contributed by atoms with van der Waals surface area (Å²) in [5.74, 6) is 0.0473. The van der Waals surface area contributed by atoms with Crippen molar-refractivity contribution >= 4 is 11.9 Å². The molecule has 0 aromatic carbocycles. The molecule has 78 valence electrons. The van der Waals surface area contributed by atoms with E-state index in [1.165, 1.54) is 17.2 Å². The molecule has 14 heavy (non-hydrogen) atoms. The zero-order valence-corrected chi connectivity index (χ0v) is 8.69. The highest BCUT2D eigenvalue weighted by Crippen LogP contribution is 2.13. The molecule has 0 aromatic rings. The van der Waals surface area contributed by atoms with Crippen LogP contribution in [-0.4, -0.2) is 28.9 Å². The van der Waals surface area contributed by atoms with Gasteiger partial charge in [-0.2, -0.15) is 0 Å². The standard InChI is InChI=1S/C10H15NO3/c1-7(2)14-10(13)11-5-4-9(12)6-8(11)3/h4-5,7-8H,6H2,1-3H3. The third kappa shape index (κ3) is 2.58. The highest BCUT2D eigenvalue weighted by atomic mass is 16.6. The largest absolute Gasteiger partial charge is 0.446 e. The Morgan fingerprint density at radius 2 is 2.29 bits per heavy atom. The average Bonchev–Trinajstić information content (AvgIpc) is 2.01. The van der Waals surface area contributed by atoms with E-state index in [4.69, 9.17) is 4.74 Å². The maximum atomic E-state index is 11.5. The number of ketones is 1.